The van der Waals surface area contributed by atoms with Gasteiger partial charge in [0, 0.05) is 0 Å². The maximum atomic E-state index is 6.40. The van der Waals surface area contributed by atoms with E-state index in [9.17, 15) is 0 Å². The molecule has 2 atom stereocenters. The van der Waals surface area contributed by atoms with Gasteiger partial charge < -0.3 is 33.6 Å². The third kappa shape index (κ3) is 10.7. The predicted molar refractivity (Wildman–Crippen MR) is 368 cm³/mol. The molecule has 0 amide bonds. The largest absolute Gasteiger partial charge is 4.00 e. The second-order valence-corrected chi connectivity index (χ2v) is 30.5. The van der Waals surface area contributed by atoms with Crippen LogP contribution in [-0.2, 0) is 26.2 Å². The van der Waals surface area contributed by atoms with Crippen molar-refractivity contribution in [3.63, 3.8) is 0 Å². The van der Waals surface area contributed by atoms with Crippen molar-refractivity contribution in [2.75, 3.05) is 0 Å². The van der Waals surface area contributed by atoms with E-state index in [-0.39, 0.29) is 62.9 Å². The minimum atomic E-state index is -0.463. The van der Waals surface area contributed by atoms with Crippen LogP contribution in [0.1, 0.15) is 114 Å². The molecular weight excluding hydrogens is 1240 g/mol. The van der Waals surface area contributed by atoms with Crippen LogP contribution >= 0.6 is 0 Å². The van der Waals surface area contributed by atoms with Crippen LogP contribution in [0.5, 0.6) is 0 Å². The topological polar surface area (TPSA) is 26.3 Å². The Hall–Kier alpha value is -7.08. The molecule has 2 fully saturated rings. The predicted octanol–water partition coefficient (Wildman–Crippen LogP) is 15.0. The molecule has 4 heterocycles. The standard InChI is InChI=1S/2C41H36OSi.2ClH.Zr/c2*1-25-16-18-32-33(37(25)29-12-7-5-8-13-29)24-34(35-19-17-27(3)42-35)41(32)38-26(2)22-31-23-36(43-20-11-21-43)28(4)39(40(31)38)30-14-9-6-10-15-30;;;/h2*5-10,12-19,22-24,41H,11,20-21H2,1-4H3;2*1H;/q2*-1;;;+4/p-2. The molecule has 2 nitrogen and oxygen atoms in total. The quantitative estimate of drug-likeness (QED) is 0.101. The smallest absolute Gasteiger partial charge is 1.00 e. The Balaban J connectivity index is 0.000000167. The van der Waals surface area contributed by atoms with Crippen molar-refractivity contribution in [3.8, 4) is 44.5 Å². The molecule has 12 aromatic rings. The zero-order valence-corrected chi connectivity index (χ0v) is 58.1. The van der Waals surface area contributed by atoms with Gasteiger partial charge in [-0.2, -0.15) is 0 Å². The number of allylic oxidation sites excluding steroid dienone is 2. The minimum absolute atomic E-state index is 0. The van der Waals surface area contributed by atoms with Gasteiger partial charge in [-0.3, -0.25) is 0 Å². The molecule has 2 aliphatic carbocycles. The van der Waals surface area contributed by atoms with Crippen LogP contribution in [0.4, 0.5) is 0 Å². The Morgan fingerprint density at radius 2 is 0.730 bits per heavy atom. The Labute approximate surface area is 560 Å². The molecular formula is C82H72Cl2O2Si2Zr. The monoisotopic (exact) mass is 1300 g/mol. The summed E-state index contributed by atoms with van der Waals surface area (Å²) < 4.78 is 12.8. The van der Waals surface area contributed by atoms with Gasteiger partial charge in [-0.25, -0.2) is 0 Å². The third-order valence-electron chi connectivity index (χ3n) is 19.7. The average Bonchev–Trinajstić information content (AvgIpc) is 1.60. The molecule has 2 unspecified atom stereocenters. The maximum absolute atomic E-state index is 6.40. The van der Waals surface area contributed by atoms with E-state index in [1.54, 1.807) is 10.4 Å². The molecule has 0 bridgehead atoms. The van der Waals surface area contributed by atoms with Crippen LogP contribution in [0.2, 0.25) is 24.2 Å². The fourth-order valence-corrected chi connectivity index (χ4v) is 19.9. The van der Waals surface area contributed by atoms with Crippen LogP contribution in [-0.4, -0.2) is 17.6 Å². The Kier molecular flexibility index (Phi) is 17.7. The third-order valence-corrected chi connectivity index (χ3v) is 26.1. The van der Waals surface area contributed by atoms with E-state index in [4.69, 9.17) is 8.83 Å². The number of benzene rings is 8. The van der Waals surface area contributed by atoms with Crippen LogP contribution < -0.4 is 35.2 Å². The number of hydrogen-bond acceptors (Lipinski definition) is 2. The summed E-state index contributed by atoms with van der Waals surface area (Å²) in [6.07, 6.45) is 7.62. The van der Waals surface area contributed by atoms with E-state index < -0.39 is 17.6 Å². The fraction of sp³-hybridized carbons (Fsp3) is 0.195. The minimum Gasteiger partial charge on any atom is -1.00 e. The molecule has 89 heavy (non-hydrogen) atoms. The van der Waals surface area contributed by atoms with Gasteiger partial charge in [-0.1, -0.05) is 229 Å². The Morgan fingerprint density at radius 1 is 0.393 bits per heavy atom. The summed E-state index contributed by atoms with van der Waals surface area (Å²) in [6, 6.07) is 77.6. The number of rotatable bonds is 10. The average molecular weight is 1310 g/mol. The molecule has 0 saturated carbocycles. The summed E-state index contributed by atoms with van der Waals surface area (Å²) in [6.45, 7) is 18.0. The first-order valence-electron chi connectivity index (χ1n) is 31.2. The number of aryl methyl sites for hydroxylation is 6. The summed E-state index contributed by atoms with van der Waals surface area (Å²) in [5, 5.41) is 8.92. The summed E-state index contributed by atoms with van der Waals surface area (Å²) in [7, 11) is -0.926. The molecule has 16 rings (SSSR count). The number of hydrogen-bond donors (Lipinski definition) is 0. The van der Waals surface area contributed by atoms with Crippen molar-refractivity contribution in [1.82, 2.24) is 0 Å². The van der Waals surface area contributed by atoms with E-state index in [1.807, 2.05) is 13.8 Å². The van der Waals surface area contributed by atoms with Gasteiger partial charge in [0.2, 0.25) is 0 Å². The fourth-order valence-electron chi connectivity index (χ4n) is 15.4. The van der Waals surface area contributed by atoms with Gasteiger partial charge in [-0.05, 0) is 168 Å². The molecule has 10 aromatic carbocycles. The first-order valence-corrected chi connectivity index (χ1v) is 35.0. The van der Waals surface area contributed by atoms with Crippen molar-refractivity contribution >= 4 is 72.8 Å². The van der Waals surface area contributed by atoms with Crippen molar-refractivity contribution in [2.24, 2.45) is 0 Å². The van der Waals surface area contributed by atoms with Gasteiger partial charge >= 0.3 is 26.2 Å². The van der Waals surface area contributed by atoms with Crippen molar-refractivity contribution < 1.29 is 59.9 Å². The molecule has 2 aliphatic heterocycles. The number of furan rings is 2. The zero-order valence-electron chi connectivity index (χ0n) is 52.1. The molecule has 2 saturated heterocycles. The van der Waals surface area contributed by atoms with Crippen molar-refractivity contribution in [2.45, 2.75) is 104 Å². The maximum Gasteiger partial charge on any atom is 4.00 e. The molecule has 7 heteroatoms. The van der Waals surface area contributed by atoms with E-state index in [1.165, 1.54) is 181 Å². The van der Waals surface area contributed by atoms with Gasteiger partial charge in [0.15, 0.2) is 0 Å². The molecule has 0 spiro atoms. The second kappa shape index (κ2) is 25.3. The summed E-state index contributed by atoms with van der Waals surface area (Å²) >= 11 is 0. The van der Waals surface area contributed by atoms with Gasteiger partial charge in [0.05, 0.1) is 17.6 Å². The van der Waals surface area contributed by atoms with Gasteiger partial charge in [-0.15, -0.1) is 68.1 Å². The van der Waals surface area contributed by atoms with E-state index in [0.29, 0.717) is 0 Å². The second-order valence-electron chi connectivity index (χ2n) is 25.0. The van der Waals surface area contributed by atoms with Crippen LogP contribution in [0, 0.1) is 55.4 Å². The Bertz CT molecular complexity index is 4390. The summed E-state index contributed by atoms with van der Waals surface area (Å²) in [5.41, 5.74) is 29.8. The summed E-state index contributed by atoms with van der Waals surface area (Å²) in [5.74, 6) is 4.02. The molecule has 4 aliphatic rings. The zero-order chi connectivity index (χ0) is 58.5. The first-order chi connectivity index (χ1) is 42.0. The van der Waals surface area contributed by atoms with Gasteiger partial charge in [0.1, 0.15) is 23.0 Å². The van der Waals surface area contributed by atoms with Gasteiger partial charge in [0.25, 0.3) is 0 Å². The van der Waals surface area contributed by atoms with Crippen LogP contribution in [0.3, 0.4) is 0 Å². The van der Waals surface area contributed by atoms with E-state index in [0.717, 1.165) is 23.0 Å². The van der Waals surface area contributed by atoms with Crippen molar-refractivity contribution in [1.29, 1.82) is 0 Å². The molecule has 2 aromatic heterocycles. The molecule has 0 N–H and O–H groups in total. The first kappa shape index (κ1) is 62.1. The molecule has 2 radical (unpaired) electrons. The van der Waals surface area contributed by atoms with Crippen molar-refractivity contribution in [3.05, 3.63) is 284 Å². The van der Waals surface area contributed by atoms with E-state index in [2.05, 4.69) is 248 Å². The molecule has 438 valence electrons. The van der Waals surface area contributed by atoms with Crippen LogP contribution in [0.25, 0.3) is 89.4 Å². The summed E-state index contributed by atoms with van der Waals surface area (Å²) in [4.78, 5) is 0. The number of fused-ring (bicyclic) bond motifs is 4. The SMILES string of the molecule is Cc1ccc(C2=Cc3c(ccc(C)c3-c3ccccc3)C2c2c(C)[cH-]c3cc([Si]4CCC4)c(C)c(-c4ccccc4)c23)o1.Cc1ccc(C2=Cc3c(ccc(C)c3-c3ccccc3)C2c2c(C)[cH-]c3cc([Si]4CCC4)c(C)c(-c4ccccc4)c23)o1.[Cl-].[Cl-].[Zr+4]. The normalized spacial score (nSPS) is 15.8. The Morgan fingerprint density at radius 3 is 1.03 bits per heavy atom. The van der Waals surface area contributed by atoms with Crippen LogP contribution in [0.15, 0.2) is 203 Å². The van der Waals surface area contributed by atoms with E-state index >= 15 is 0 Å². The number of halogens is 2.